The lowest BCUT2D eigenvalue weighted by Crippen LogP contribution is -2.53. The lowest BCUT2D eigenvalue weighted by molar-refractivity contribution is 0.0502. The lowest BCUT2D eigenvalue weighted by atomic mass is 9.79. The Labute approximate surface area is 137 Å². The van der Waals surface area contributed by atoms with Gasteiger partial charge in [-0.05, 0) is 18.8 Å². The van der Waals surface area contributed by atoms with Crippen molar-refractivity contribution in [2.24, 2.45) is 11.1 Å². The molecule has 2 heterocycles. The summed E-state index contributed by atoms with van der Waals surface area (Å²) in [6, 6.07) is 1.35. The van der Waals surface area contributed by atoms with Gasteiger partial charge in [0.2, 0.25) is 10.0 Å². The van der Waals surface area contributed by atoms with E-state index < -0.39 is 10.0 Å². The largest absolute Gasteiger partial charge is 0.455 e. The summed E-state index contributed by atoms with van der Waals surface area (Å²) >= 11 is 0. The second-order valence-corrected chi connectivity index (χ2v) is 9.05. The summed E-state index contributed by atoms with van der Waals surface area (Å²) in [6.07, 6.45) is 0.710. The van der Waals surface area contributed by atoms with Gasteiger partial charge in [-0.15, -0.1) is 0 Å². The normalized spacial score (nSPS) is 21.7. The Kier molecular flexibility index (Phi) is 4.62. The molecule has 2 N–H and O–H groups in total. The van der Waals surface area contributed by atoms with Crippen molar-refractivity contribution in [3.63, 3.8) is 0 Å². The minimum atomic E-state index is -3.63. The summed E-state index contributed by atoms with van der Waals surface area (Å²) in [5.74, 6) is -0.0301. The van der Waals surface area contributed by atoms with Crippen LogP contribution in [0.3, 0.4) is 0 Å². The molecule has 130 valence electrons. The van der Waals surface area contributed by atoms with Crippen molar-refractivity contribution in [1.82, 2.24) is 9.21 Å². The average Bonchev–Trinajstić information content (AvgIpc) is 2.83. The fourth-order valence-electron chi connectivity index (χ4n) is 2.73. The predicted molar refractivity (Wildman–Crippen MR) is 86.6 cm³/mol. The Morgan fingerprint density at radius 3 is 2.57 bits per heavy atom. The zero-order chi connectivity index (χ0) is 17.6. The number of rotatable bonds is 3. The molecule has 2 rings (SSSR count). The fraction of sp³-hybridized carbons (Fsp3) is 0.667. The minimum absolute atomic E-state index is 0.0267. The molecule has 1 fully saturated rings. The summed E-state index contributed by atoms with van der Waals surface area (Å²) in [5.41, 5.74) is 5.90. The van der Waals surface area contributed by atoms with E-state index in [1.807, 2.05) is 13.8 Å². The van der Waals surface area contributed by atoms with E-state index in [1.54, 1.807) is 11.8 Å². The molecule has 0 bridgehead atoms. The lowest BCUT2D eigenvalue weighted by Gasteiger charge is -2.42. The van der Waals surface area contributed by atoms with Gasteiger partial charge in [-0.1, -0.05) is 13.8 Å². The molecule has 7 nitrogen and oxygen atoms in total. The van der Waals surface area contributed by atoms with Crippen LogP contribution < -0.4 is 5.73 Å². The van der Waals surface area contributed by atoms with Crippen molar-refractivity contribution in [2.45, 2.75) is 38.1 Å². The van der Waals surface area contributed by atoms with Crippen LogP contribution in [-0.2, 0) is 10.0 Å². The second kappa shape index (κ2) is 5.92. The summed E-state index contributed by atoms with van der Waals surface area (Å²) in [6.45, 7) is 6.64. The fourth-order valence-corrected chi connectivity index (χ4v) is 3.78. The van der Waals surface area contributed by atoms with E-state index in [9.17, 15) is 13.2 Å². The molecule has 1 aliphatic rings. The van der Waals surface area contributed by atoms with Gasteiger partial charge < -0.3 is 15.1 Å². The predicted octanol–water partition coefficient (Wildman–Crippen LogP) is 1.04. The Bertz CT molecular complexity index is 706. The third-order valence-corrected chi connectivity index (χ3v) is 6.36. The maximum Gasteiger partial charge on any atom is 0.289 e. The van der Waals surface area contributed by atoms with Gasteiger partial charge in [-0.25, -0.2) is 12.7 Å². The Morgan fingerprint density at radius 2 is 2.04 bits per heavy atom. The number of aryl methyl sites for hydroxylation is 1. The van der Waals surface area contributed by atoms with Crippen LogP contribution in [-0.4, -0.2) is 56.8 Å². The summed E-state index contributed by atoms with van der Waals surface area (Å²) in [7, 11) is -0.749. The molecule has 0 saturated carbocycles. The van der Waals surface area contributed by atoms with Gasteiger partial charge in [0.25, 0.3) is 5.91 Å². The van der Waals surface area contributed by atoms with Crippen molar-refractivity contribution >= 4 is 15.9 Å². The molecule has 0 spiro atoms. The average molecular weight is 343 g/mol. The molecule has 0 aromatic carbocycles. The SMILES string of the molecule is Cc1oc(C(=O)N2CCC(N)C(C)(C)C2)cc1S(=O)(=O)N(C)C. The van der Waals surface area contributed by atoms with E-state index in [4.69, 9.17) is 10.2 Å². The van der Waals surface area contributed by atoms with Crippen LogP contribution in [0.15, 0.2) is 15.4 Å². The molecule has 1 aromatic rings. The Hall–Kier alpha value is -1.38. The second-order valence-electron chi connectivity index (χ2n) is 6.93. The van der Waals surface area contributed by atoms with E-state index in [-0.39, 0.29) is 33.8 Å². The van der Waals surface area contributed by atoms with E-state index in [0.717, 1.165) is 4.31 Å². The quantitative estimate of drug-likeness (QED) is 0.884. The van der Waals surface area contributed by atoms with Crippen molar-refractivity contribution in [3.8, 4) is 0 Å². The molecule has 8 heteroatoms. The molecule has 23 heavy (non-hydrogen) atoms. The number of amides is 1. The van der Waals surface area contributed by atoms with Crippen molar-refractivity contribution in [3.05, 3.63) is 17.6 Å². The molecule has 1 atom stereocenters. The molecule has 0 radical (unpaired) electrons. The van der Waals surface area contributed by atoms with Gasteiger partial charge in [-0.2, -0.15) is 0 Å². The number of hydrogen-bond donors (Lipinski definition) is 1. The number of piperidine rings is 1. The van der Waals surface area contributed by atoms with E-state index >= 15 is 0 Å². The van der Waals surface area contributed by atoms with Gasteiger partial charge >= 0.3 is 0 Å². The molecule has 1 saturated heterocycles. The highest BCUT2D eigenvalue weighted by molar-refractivity contribution is 7.89. The first-order valence-electron chi connectivity index (χ1n) is 7.54. The number of carbonyl (C=O) groups excluding carboxylic acids is 1. The van der Waals surface area contributed by atoms with Crippen molar-refractivity contribution < 1.29 is 17.6 Å². The van der Waals surface area contributed by atoms with Gasteiger partial charge in [0.1, 0.15) is 10.7 Å². The van der Waals surface area contributed by atoms with E-state index in [0.29, 0.717) is 19.5 Å². The zero-order valence-corrected chi connectivity index (χ0v) is 15.1. The molecule has 1 unspecified atom stereocenters. The summed E-state index contributed by atoms with van der Waals surface area (Å²) < 4.78 is 31.0. The smallest absolute Gasteiger partial charge is 0.289 e. The van der Waals surface area contributed by atoms with Crippen LogP contribution in [0.5, 0.6) is 0 Å². The monoisotopic (exact) mass is 343 g/mol. The molecular formula is C15H25N3O4S. The third-order valence-electron chi connectivity index (χ3n) is 4.44. The molecule has 1 aromatic heterocycles. The van der Waals surface area contributed by atoms with Gasteiger partial charge in [0.05, 0.1) is 0 Å². The van der Waals surface area contributed by atoms with Crippen LogP contribution in [0.2, 0.25) is 0 Å². The molecule has 1 aliphatic heterocycles. The number of nitrogens with zero attached hydrogens (tertiary/aromatic N) is 2. The van der Waals surface area contributed by atoms with Crippen LogP contribution in [0.4, 0.5) is 0 Å². The van der Waals surface area contributed by atoms with Crippen LogP contribution >= 0.6 is 0 Å². The third kappa shape index (κ3) is 3.29. The minimum Gasteiger partial charge on any atom is -0.455 e. The standard InChI is InChI=1S/C15H25N3O4S/c1-10-12(23(20,21)17(4)5)8-11(22-10)14(19)18-7-6-13(16)15(2,3)9-18/h8,13H,6-7,9,16H2,1-5H3. The first kappa shape index (κ1) is 18.0. The number of hydrogen-bond acceptors (Lipinski definition) is 5. The first-order chi connectivity index (χ1) is 10.5. The maximum absolute atomic E-state index is 12.6. The number of furan rings is 1. The van der Waals surface area contributed by atoms with Crippen molar-refractivity contribution in [1.29, 1.82) is 0 Å². The van der Waals surface area contributed by atoms with Gasteiger partial charge in [-0.3, -0.25) is 4.79 Å². The highest BCUT2D eigenvalue weighted by Gasteiger charge is 2.37. The number of nitrogens with two attached hydrogens (primary N) is 1. The van der Waals surface area contributed by atoms with Crippen molar-refractivity contribution in [2.75, 3.05) is 27.2 Å². The Balaban J connectivity index is 2.29. The first-order valence-corrected chi connectivity index (χ1v) is 8.98. The van der Waals surface area contributed by atoms with Crippen LogP contribution in [0.1, 0.15) is 36.6 Å². The summed E-state index contributed by atoms with van der Waals surface area (Å²) in [4.78, 5) is 14.3. The number of sulfonamides is 1. The van der Waals surface area contributed by atoms with Crippen LogP contribution in [0.25, 0.3) is 0 Å². The topological polar surface area (TPSA) is 96.8 Å². The van der Waals surface area contributed by atoms with Gasteiger partial charge in [0, 0.05) is 39.3 Å². The number of likely N-dealkylation sites (tertiary alicyclic amines) is 1. The zero-order valence-electron chi connectivity index (χ0n) is 14.3. The molecule has 1 amide bonds. The summed E-state index contributed by atoms with van der Waals surface area (Å²) in [5, 5.41) is 0. The highest BCUT2D eigenvalue weighted by atomic mass is 32.2. The van der Waals surface area contributed by atoms with E-state index in [2.05, 4.69) is 0 Å². The Morgan fingerprint density at radius 1 is 1.43 bits per heavy atom. The van der Waals surface area contributed by atoms with Gasteiger partial charge in [0.15, 0.2) is 5.76 Å². The van der Waals surface area contributed by atoms with E-state index in [1.165, 1.54) is 20.2 Å². The van der Waals surface area contributed by atoms with Crippen LogP contribution in [0, 0.1) is 12.3 Å². The maximum atomic E-state index is 12.6. The highest BCUT2D eigenvalue weighted by Crippen LogP contribution is 2.30. The number of carbonyl (C=O) groups is 1. The molecular weight excluding hydrogens is 318 g/mol. The molecule has 0 aliphatic carbocycles.